The zero-order chi connectivity index (χ0) is 12.0. The molecular formula is C13H28N2O. The number of hydrogen-bond donors (Lipinski definition) is 1. The Hall–Kier alpha value is -0.120. The van der Waals surface area contributed by atoms with E-state index in [4.69, 9.17) is 10.5 Å². The highest BCUT2D eigenvalue weighted by atomic mass is 16.5. The number of rotatable bonds is 7. The normalized spacial score (nSPS) is 24.2. The minimum atomic E-state index is 0.0871. The predicted octanol–water partition coefficient (Wildman–Crippen LogP) is 2.00. The summed E-state index contributed by atoms with van der Waals surface area (Å²) in [6.07, 6.45) is 5.30. The number of unbranched alkanes of at least 4 members (excludes halogenated alkanes) is 1. The van der Waals surface area contributed by atoms with Crippen LogP contribution in [-0.2, 0) is 4.74 Å². The van der Waals surface area contributed by atoms with Gasteiger partial charge in [-0.2, -0.15) is 0 Å². The van der Waals surface area contributed by atoms with Gasteiger partial charge in [-0.05, 0) is 39.7 Å². The molecule has 0 spiro atoms. The molecule has 16 heavy (non-hydrogen) atoms. The van der Waals surface area contributed by atoms with Crippen LogP contribution in [0.15, 0.2) is 0 Å². The van der Waals surface area contributed by atoms with E-state index in [2.05, 4.69) is 25.7 Å². The van der Waals surface area contributed by atoms with Crippen LogP contribution in [0, 0.1) is 0 Å². The minimum Gasteiger partial charge on any atom is -0.371 e. The van der Waals surface area contributed by atoms with Gasteiger partial charge in [-0.25, -0.2) is 0 Å². The van der Waals surface area contributed by atoms with Gasteiger partial charge in [0.1, 0.15) is 0 Å². The summed E-state index contributed by atoms with van der Waals surface area (Å²) in [6, 6.07) is 0. The second-order valence-corrected chi connectivity index (χ2v) is 5.48. The summed E-state index contributed by atoms with van der Waals surface area (Å²) in [5, 5.41) is 0. The van der Waals surface area contributed by atoms with E-state index in [1.807, 2.05) is 0 Å². The lowest BCUT2D eigenvalue weighted by molar-refractivity contribution is -0.0284. The molecule has 1 fully saturated rings. The van der Waals surface area contributed by atoms with Gasteiger partial charge in [0.2, 0.25) is 0 Å². The summed E-state index contributed by atoms with van der Waals surface area (Å²) < 4.78 is 6.02. The van der Waals surface area contributed by atoms with Crippen molar-refractivity contribution in [3.63, 3.8) is 0 Å². The second kappa shape index (κ2) is 6.58. The molecule has 1 aliphatic heterocycles. The lowest BCUT2D eigenvalue weighted by Gasteiger charge is -2.26. The average molecular weight is 228 g/mol. The molecule has 0 bridgehead atoms. The molecule has 1 unspecified atom stereocenters. The largest absolute Gasteiger partial charge is 0.371 e. The first-order valence-corrected chi connectivity index (χ1v) is 6.67. The number of nitrogens with zero attached hydrogens (tertiary/aromatic N) is 1. The number of nitrogens with two attached hydrogens (primary N) is 1. The van der Waals surface area contributed by atoms with Crippen molar-refractivity contribution >= 4 is 0 Å². The summed E-state index contributed by atoms with van der Waals surface area (Å²) >= 11 is 0. The van der Waals surface area contributed by atoms with Crippen molar-refractivity contribution in [3.05, 3.63) is 0 Å². The van der Waals surface area contributed by atoms with Crippen LogP contribution < -0.4 is 5.73 Å². The fourth-order valence-electron chi connectivity index (χ4n) is 2.35. The van der Waals surface area contributed by atoms with E-state index in [-0.39, 0.29) is 5.60 Å². The fourth-order valence-corrected chi connectivity index (χ4v) is 2.35. The van der Waals surface area contributed by atoms with E-state index >= 15 is 0 Å². The summed E-state index contributed by atoms with van der Waals surface area (Å²) in [6.45, 7) is 10.6. The molecule has 1 aliphatic rings. The average Bonchev–Trinajstić information content (AvgIpc) is 2.55. The molecule has 3 nitrogen and oxygen atoms in total. The van der Waals surface area contributed by atoms with E-state index in [1.54, 1.807) is 0 Å². The van der Waals surface area contributed by atoms with E-state index in [9.17, 15) is 0 Å². The van der Waals surface area contributed by atoms with Crippen LogP contribution in [0.1, 0.15) is 46.5 Å². The molecule has 3 heteroatoms. The lowest BCUT2D eigenvalue weighted by atomic mass is 10.1. The molecule has 0 saturated carbocycles. The molecule has 0 aliphatic carbocycles. The van der Waals surface area contributed by atoms with E-state index < -0.39 is 0 Å². The Kier molecular flexibility index (Phi) is 5.73. The maximum Gasteiger partial charge on any atom is 0.0710 e. The lowest BCUT2D eigenvalue weighted by Crippen LogP contribution is -2.37. The van der Waals surface area contributed by atoms with Gasteiger partial charge in [0, 0.05) is 19.6 Å². The van der Waals surface area contributed by atoms with E-state index in [0.717, 1.165) is 26.2 Å². The van der Waals surface area contributed by atoms with Gasteiger partial charge in [0.15, 0.2) is 0 Å². The van der Waals surface area contributed by atoms with Crippen molar-refractivity contribution in [3.8, 4) is 0 Å². The number of ether oxygens (including phenoxy) is 1. The molecule has 96 valence electrons. The van der Waals surface area contributed by atoms with Crippen molar-refractivity contribution in [1.82, 2.24) is 4.90 Å². The molecule has 0 aromatic heterocycles. The Morgan fingerprint density at radius 1 is 1.38 bits per heavy atom. The van der Waals surface area contributed by atoms with Crippen LogP contribution in [0.5, 0.6) is 0 Å². The van der Waals surface area contributed by atoms with Gasteiger partial charge in [0.25, 0.3) is 0 Å². The quantitative estimate of drug-likeness (QED) is 0.724. The fraction of sp³-hybridized carbons (Fsp3) is 1.00. The van der Waals surface area contributed by atoms with Gasteiger partial charge in [0.05, 0.1) is 11.7 Å². The van der Waals surface area contributed by atoms with Crippen molar-refractivity contribution in [1.29, 1.82) is 0 Å². The van der Waals surface area contributed by atoms with E-state index in [1.165, 1.54) is 25.7 Å². The van der Waals surface area contributed by atoms with Crippen LogP contribution >= 0.6 is 0 Å². The Balaban J connectivity index is 2.31. The standard InChI is InChI=1S/C13H28N2O/c1-4-5-9-15(10-8-14)11-12-6-7-13(2,3)16-12/h12H,4-11,14H2,1-3H3. The van der Waals surface area contributed by atoms with Crippen molar-refractivity contribution in [2.75, 3.05) is 26.2 Å². The Morgan fingerprint density at radius 3 is 2.62 bits per heavy atom. The molecule has 0 radical (unpaired) electrons. The maximum atomic E-state index is 6.02. The summed E-state index contributed by atoms with van der Waals surface area (Å²) in [5.74, 6) is 0. The highest BCUT2D eigenvalue weighted by Crippen LogP contribution is 2.29. The summed E-state index contributed by atoms with van der Waals surface area (Å²) in [7, 11) is 0. The van der Waals surface area contributed by atoms with Gasteiger partial charge in [-0.15, -0.1) is 0 Å². The van der Waals surface area contributed by atoms with Crippen LogP contribution in [-0.4, -0.2) is 42.8 Å². The minimum absolute atomic E-state index is 0.0871. The van der Waals surface area contributed by atoms with Gasteiger partial charge < -0.3 is 10.5 Å². The van der Waals surface area contributed by atoms with Crippen molar-refractivity contribution in [2.24, 2.45) is 5.73 Å². The molecule has 0 amide bonds. The van der Waals surface area contributed by atoms with Gasteiger partial charge in [-0.1, -0.05) is 13.3 Å². The van der Waals surface area contributed by atoms with Crippen LogP contribution in [0.25, 0.3) is 0 Å². The highest BCUT2D eigenvalue weighted by Gasteiger charge is 2.32. The zero-order valence-corrected chi connectivity index (χ0v) is 11.2. The topological polar surface area (TPSA) is 38.5 Å². The first-order valence-electron chi connectivity index (χ1n) is 6.67. The Labute approximate surface area is 100 Å². The molecule has 1 saturated heterocycles. The maximum absolute atomic E-state index is 6.02. The summed E-state index contributed by atoms with van der Waals surface area (Å²) in [4.78, 5) is 2.45. The van der Waals surface area contributed by atoms with Gasteiger partial charge >= 0.3 is 0 Å². The molecule has 0 aromatic rings. The molecule has 1 rings (SSSR count). The third-order valence-electron chi connectivity index (χ3n) is 3.29. The SMILES string of the molecule is CCCCN(CCN)CC1CCC(C)(C)O1. The molecule has 2 N–H and O–H groups in total. The van der Waals surface area contributed by atoms with E-state index in [0.29, 0.717) is 6.10 Å². The predicted molar refractivity (Wildman–Crippen MR) is 68.6 cm³/mol. The molecular weight excluding hydrogens is 200 g/mol. The third kappa shape index (κ3) is 4.81. The Bertz CT molecular complexity index is 194. The molecule has 1 atom stereocenters. The smallest absolute Gasteiger partial charge is 0.0710 e. The first-order chi connectivity index (χ1) is 7.57. The first kappa shape index (κ1) is 13.9. The molecule has 1 heterocycles. The second-order valence-electron chi connectivity index (χ2n) is 5.48. The Morgan fingerprint density at radius 2 is 2.12 bits per heavy atom. The summed E-state index contributed by atoms with van der Waals surface area (Å²) in [5.41, 5.74) is 5.73. The van der Waals surface area contributed by atoms with Gasteiger partial charge in [-0.3, -0.25) is 4.90 Å². The monoisotopic (exact) mass is 228 g/mol. The van der Waals surface area contributed by atoms with Crippen LogP contribution in [0.4, 0.5) is 0 Å². The zero-order valence-electron chi connectivity index (χ0n) is 11.2. The van der Waals surface area contributed by atoms with Crippen LogP contribution in [0.3, 0.4) is 0 Å². The van der Waals surface area contributed by atoms with Crippen molar-refractivity contribution < 1.29 is 4.74 Å². The molecule has 0 aromatic carbocycles. The third-order valence-corrected chi connectivity index (χ3v) is 3.29. The van der Waals surface area contributed by atoms with Crippen molar-refractivity contribution in [2.45, 2.75) is 58.2 Å². The van der Waals surface area contributed by atoms with Crippen LogP contribution in [0.2, 0.25) is 0 Å². The highest BCUT2D eigenvalue weighted by molar-refractivity contribution is 4.82. The number of hydrogen-bond acceptors (Lipinski definition) is 3.